The van der Waals surface area contributed by atoms with Crippen LogP contribution in [0.15, 0.2) is 34.7 Å². The number of aliphatic hydroxyl groups excluding tert-OH is 1. The van der Waals surface area contributed by atoms with Gasteiger partial charge < -0.3 is 19.2 Å². The third-order valence-corrected chi connectivity index (χ3v) is 4.73. The van der Waals surface area contributed by atoms with Gasteiger partial charge in [-0.3, -0.25) is 4.79 Å². The topological polar surface area (TPSA) is 62.9 Å². The van der Waals surface area contributed by atoms with Gasteiger partial charge >= 0.3 is 0 Å². The summed E-state index contributed by atoms with van der Waals surface area (Å²) in [5.74, 6) is 2.02. The molecule has 5 nitrogen and oxygen atoms in total. The number of benzene rings is 1. The van der Waals surface area contributed by atoms with Crippen LogP contribution in [0.1, 0.15) is 40.3 Å². The van der Waals surface area contributed by atoms with Crippen LogP contribution in [-0.4, -0.2) is 35.6 Å². The number of furan rings is 1. The van der Waals surface area contributed by atoms with Crippen molar-refractivity contribution in [1.29, 1.82) is 0 Å². The third-order valence-electron chi connectivity index (χ3n) is 4.73. The Balaban J connectivity index is 1.57. The number of aryl methyl sites for hydroxylation is 2. The van der Waals surface area contributed by atoms with Gasteiger partial charge in [0.05, 0.1) is 0 Å². The Hall–Kier alpha value is -2.27. The number of nitrogens with zero attached hydrogens (tertiary/aromatic N) is 1. The van der Waals surface area contributed by atoms with Gasteiger partial charge in [0.15, 0.2) is 5.76 Å². The summed E-state index contributed by atoms with van der Waals surface area (Å²) in [5, 5.41) is 9.19. The van der Waals surface area contributed by atoms with E-state index >= 15 is 0 Å². The number of ether oxygens (including phenoxy) is 1. The highest BCUT2D eigenvalue weighted by molar-refractivity contribution is 5.91. The molecule has 2 heterocycles. The average molecular weight is 343 g/mol. The van der Waals surface area contributed by atoms with E-state index in [-0.39, 0.29) is 12.5 Å². The molecule has 1 aromatic carbocycles. The van der Waals surface area contributed by atoms with E-state index in [4.69, 9.17) is 9.15 Å². The minimum atomic E-state index is -0.0887. The van der Waals surface area contributed by atoms with E-state index in [1.54, 1.807) is 17.0 Å². The Morgan fingerprint density at radius 2 is 2.00 bits per heavy atom. The molecule has 134 valence electrons. The number of carbonyl (C=O) groups is 1. The van der Waals surface area contributed by atoms with Gasteiger partial charge in [0.1, 0.15) is 18.1 Å². The predicted octanol–water partition coefficient (Wildman–Crippen LogP) is 3.32. The largest absolute Gasteiger partial charge is 0.485 e. The van der Waals surface area contributed by atoms with E-state index in [1.807, 2.05) is 26.0 Å². The number of likely N-dealkylation sites (tertiary alicyclic amines) is 1. The molecule has 1 aliphatic heterocycles. The van der Waals surface area contributed by atoms with Crippen molar-refractivity contribution in [2.24, 2.45) is 5.92 Å². The molecule has 0 saturated carbocycles. The molecular formula is C20H25NO4. The normalized spacial score (nSPS) is 15.4. The summed E-state index contributed by atoms with van der Waals surface area (Å²) < 4.78 is 11.5. The van der Waals surface area contributed by atoms with Gasteiger partial charge in [-0.1, -0.05) is 17.7 Å². The highest BCUT2D eigenvalue weighted by atomic mass is 16.5. The molecule has 1 saturated heterocycles. The molecule has 5 heteroatoms. The number of hydrogen-bond donors (Lipinski definition) is 1. The summed E-state index contributed by atoms with van der Waals surface area (Å²) in [5.41, 5.74) is 2.27. The van der Waals surface area contributed by atoms with Crippen molar-refractivity contribution in [2.75, 3.05) is 19.7 Å². The van der Waals surface area contributed by atoms with Crippen LogP contribution in [-0.2, 0) is 6.61 Å². The fourth-order valence-corrected chi connectivity index (χ4v) is 3.16. The predicted molar refractivity (Wildman–Crippen MR) is 94.7 cm³/mol. The lowest BCUT2D eigenvalue weighted by molar-refractivity contribution is 0.0616. The number of hydrogen-bond acceptors (Lipinski definition) is 4. The lowest BCUT2D eigenvalue weighted by atomic mass is 9.98. The van der Waals surface area contributed by atoms with Crippen LogP contribution in [0.4, 0.5) is 0 Å². The maximum absolute atomic E-state index is 12.5. The molecule has 1 fully saturated rings. The molecule has 0 spiro atoms. The molecule has 1 aromatic heterocycles. The summed E-state index contributed by atoms with van der Waals surface area (Å²) in [7, 11) is 0. The lowest BCUT2D eigenvalue weighted by Crippen LogP contribution is -2.39. The molecule has 0 atom stereocenters. The van der Waals surface area contributed by atoms with Gasteiger partial charge in [0.2, 0.25) is 0 Å². The van der Waals surface area contributed by atoms with E-state index in [9.17, 15) is 9.90 Å². The van der Waals surface area contributed by atoms with Crippen LogP contribution in [0.25, 0.3) is 0 Å². The van der Waals surface area contributed by atoms with Crippen LogP contribution in [0.5, 0.6) is 5.75 Å². The van der Waals surface area contributed by atoms with Crippen LogP contribution >= 0.6 is 0 Å². The molecule has 0 aliphatic carbocycles. The second-order valence-electron chi connectivity index (χ2n) is 6.74. The van der Waals surface area contributed by atoms with Gasteiger partial charge in [0.25, 0.3) is 5.91 Å². The molecule has 1 amide bonds. The molecule has 0 unspecified atom stereocenters. The Kier molecular flexibility index (Phi) is 5.43. The zero-order valence-electron chi connectivity index (χ0n) is 14.8. The van der Waals surface area contributed by atoms with Crippen molar-refractivity contribution in [3.63, 3.8) is 0 Å². The number of aliphatic hydroxyl groups is 1. The van der Waals surface area contributed by atoms with E-state index in [0.717, 1.165) is 24.2 Å². The molecule has 0 radical (unpaired) electrons. The van der Waals surface area contributed by atoms with Crippen molar-refractivity contribution < 1.29 is 19.1 Å². The summed E-state index contributed by atoms with van der Waals surface area (Å²) in [6, 6.07) is 9.53. The number of amides is 1. The van der Waals surface area contributed by atoms with Gasteiger partial charge in [-0.15, -0.1) is 0 Å². The summed E-state index contributed by atoms with van der Waals surface area (Å²) >= 11 is 0. The second kappa shape index (κ2) is 7.74. The van der Waals surface area contributed by atoms with Crippen molar-refractivity contribution in [1.82, 2.24) is 4.90 Å². The molecule has 3 rings (SSSR count). The van der Waals surface area contributed by atoms with Crippen LogP contribution < -0.4 is 4.74 Å². The van der Waals surface area contributed by atoms with Gasteiger partial charge in [-0.2, -0.15) is 0 Å². The van der Waals surface area contributed by atoms with E-state index in [0.29, 0.717) is 37.1 Å². The highest BCUT2D eigenvalue weighted by Gasteiger charge is 2.25. The van der Waals surface area contributed by atoms with Crippen molar-refractivity contribution >= 4 is 5.91 Å². The van der Waals surface area contributed by atoms with Crippen molar-refractivity contribution in [3.8, 4) is 5.75 Å². The zero-order valence-corrected chi connectivity index (χ0v) is 14.8. The monoisotopic (exact) mass is 343 g/mol. The first-order valence-corrected chi connectivity index (χ1v) is 8.75. The number of piperidine rings is 1. The van der Waals surface area contributed by atoms with Gasteiger partial charge in [-0.05, 0) is 56.4 Å². The van der Waals surface area contributed by atoms with Crippen LogP contribution in [0.2, 0.25) is 0 Å². The fraction of sp³-hybridized carbons (Fsp3) is 0.450. The smallest absolute Gasteiger partial charge is 0.289 e. The van der Waals surface area contributed by atoms with E-state index in [1.165, 1.54) is 5.56 Å². The molecule has 1 N–H and O–H groups in total. The quantitative estimate of drug-likeness (QED) is 0.904. The molecule has 0 bridgehead atoms. The summed E-state index contributed by atoms with van der Waals surface area (Å²) in [6.45, 7) is 5.88. The van der Waals surface area contributed by atoms with E-state index in [2.05, 4.69) is 6.07 Å². The maximum atomic E-state index is 12.5. The molecule has 25 heavy (non-hydrogen) atoms. The van der Waals surface area contributed by atoms with Gasteiger partial charge in [0, 0.05) is 19.7 Å². The second-order valence-corrected chi connectivity index (χ2v) is 6.74. The first-order valence-electron chi connectivity index (χ1n) is 8.75. The molecular weight excluding hydrogens is 318 g/mol. The SMILES string of the molecule is Cc1ccc(OCc2ccc(C(=O)N3CCC(CO)CC3)o2)c(C)c1. The molecule has 1 aliphatic rings. The zero-order chi connectivity index (χ0) is 17.8. The third kappa shape index (κ3) is 4.23. The Morgan fingerprint density at radius 1 is 1.24 bits per heavy atom. The highest BCUT2D eigenvalue weighted by Crippen LogP contribution is 2.22. The standard InChI is InChI=1S/C20H25NO4/c1-14-3-5-18(15(2)11-14)24-13-17-4-6-19(25-17)20(23)21-9-7-16(12-22)8-10-21/h3-6,11,16,22H,7-10,12-13H2,1-2H3. The van der Waals surface area contributed by atoms with Crippen LogP contribution in [0.3, 0.4) is 0 Å². The van der Waals surface area contributed by atoms with Crippen molar-refractivity contribution in [2.45, 2.75) is 33.3 Å². The van der Waals surface area contributed by atoms with E-state index < -0.39 is 0 Å². The maximum Gasteiger partial charge on any atom is 0.289 e. The Labute approximate surface area is 148 Å². The summed E-state index contributed by atoms with van der Waals surface area (Å²) in [6.07, 6.45) is 1.68. The summed E-state index contributed by atoms with van der Waals surface area (Å²) in [4.78, 5) is 14.3. The lowest BCUT2D eigenvalue weighted by Gasteiger charge is -2.30. The van der Waals surface area contributed by atoms with Gasteiger partial charge in [-0.25, -0.2) is 0 Å². The van der Waals surface area contributed by atoms with Crippen molar-refractivity contribution in [3.05, 3.63) is 53.0 Å². The number of carbonyl (C=O) groups excluding carboxylic acids is 1. The number of rotatable bonds is 5. The first-order chi connectivity index (χ1) is 12.1. The molecule has 2 aromatic rings. The Morgan fingerprint density at radius 3 is 2.68 bits per heavy atom. The average Bonchev–Trinajstić information content (AvgIpc) is 3.09. The Bertz CT molecular complexity index is 729. The van der Waals surface area contributed by atoms with Crippen LogP contribution in [0, 0.1) is 19.8 Å². The first kappa shape index (κ1) is 17.5. The minimum Gasteiger partial charge on any atom is -0.485 e. The minimum absolute atomic E-state index is 0.0887. The fourth-order valence-electron chi connectivity index (χ4n) is 3.16.